The predicted octanol–water partition coefficient (Wildman–Crippen LogP) is 2.13. The average molecular weight is 303 g/mol. The molecule has 1 N–H and O–H groups in total. The van der Waals surface area contributed by atoms with E-state index in [0.717, 1.165) is 5.69 Å². The number of ether oxygens (including phenoxy) is 1. The van der Waals surface area contributed by atoms with Gasteiger partial charge in [0.15, 0.2) is 0 Å². The maximum absolute atomic E-state index is 12.3. The first-order valence-electron chi connectivity index (χ1n) is 7.61. The minimum absolute atomic E-state index is 0.0197. The second kappa shape index (κ2) is 5.09. The monoisotopic (exact) mass is 303 g/mol. The van der Waals surface area contributed by atoms with Crippen molar-refractivity contribution in [3.63, 3.8) is 0 Å². The number of benzene rings is 1. The van der Waals surface area contributed by atoms with Crippen molar-refractivity contribution in [2.45, 2.75) is 51.4 Å². The third-order valence-corrected chi connectivity index (χ3v) is 4.20. The standard InChI is InChI=1S/C17H21NO4/c1-17(2,3)22-16(21)10-4-6-11(7-5-10)18-12-8-13(15(18)20)14(19)9-12/h4-7,12-14,19H,8-9H2,1-3H3/t12-,13+,14+/m0/s1. The fourth-order valence-corrected chi connectivity index (χ4v) is 3.26. The summed E-state index contributed by atoms with van der Waals surface area (Å²) in [4.78, 5) is 26.0. The molecule has 1 aliphatic heterocycles. The van der Waals surface area contributed by atoms with Crippen molar-refractivity contribution in [2.24, 2.45) is 5.92 Å². The third-order valence-electron chi connectivity index (χ3n) is 4.20. The van der Waals surface area contributed by atoms with Gasteiger partial charge in [-0.2, -0.15) is 0 Å². The van der Waals surface area contributed by atoms with E-state index in [1.54, 1.807) is 29.2 Å². The number of hydrogen-bond acceptors (Lipinski definition) is 4. The van der Waals surface area contributed by atoms with Crippen molar-refractivity contribution < 1.29 is 19.4 Å². The molecule has 0 radical (unpaired) electrons. The SMILES string of the molecule is CC(C)(C)OC(=O)c1ccc(N2C(=O)[C@@H]3C[C@H]2C[C@H]3O)cc1. The van der Waals surface area contributed by atoms with E-state index in [0.29, 0.717) is 18.4 Å². The summed E-state index contributed by atoms with van der Waals surface area (Å²) >= 11 is 0. The molecule has 1 saturated heterocycles. The molecule has 2 bridgehead atoms. The molecule has 2 aliphatic rings. The number of hydrogen-bond donors (Lipinski definition) is 1. The van der Waals surface area contributed by atoms with E-state index in [2.05, 4.69) is 0 Å². The Kier molecular flexibility index (Phi) is 3.48. The fourth-order valence-electron chi connectivity index (χ4n) is 3.26. The van der Waals surface area contributed by atoms with Gasteiger partial charge >= 0.3 is 5.97 Å². The molecule has 0 unspecified atom stereocenters. The summed E-state index contributed by atoms with van der Waals surface area (Å²) in [5, 5.41) is 9.77. The van der Waals surface area contributed by atoms with E-state index < -0.39 is 11.7 Å². The van der Waals surface area contributed by atoms with Crippen molar-refractivity contribution in [1.29, 1.82) is 0 Å². The van der Waals surface area contributed by atoms with Crippen LogP contribution >= 0.6 is 0 Å². The van der Waals surface area contributed by atoms with Crippen LogP contribution in [0.15, 0.2) is 24.3 Å². The van der Waals surface area contributed by atoms with Crippen molar-refractivity contribution >= 4 is 17.6 Å². The van der Waals surface area contributed by atoms with Gasteiger partial charge in [-0.15, -0.1) is 0 Å². The first kappa shape index (κ1) is 15.0. The van der Waals surface area contributed by atoms with Gasteiger partial charge in [0.05, 0.1) is 17.6 Å². The molecular weight excluding hydrogens is 282 g/mol. The molecule has 5 nitrogen and oxygen atoms in total. The Hall–Kier alpha value is -1.88. The second-order valence-corrected chi connectivity index (χ2v) is 7.06. The summed E-state index contributed by atoms with van der Waals surface area (Å²) in [6.45, 7) is 5.47. The molecule has 22 heavy (non-hydrogen) atoms. The molecule has 1 aromatic rings. The second-order valence-electron chi connectivity index (χ2n) is 7.06. The number of aliphatic hydroxyl groups excluding tert-OH is 1. The van der Waals surface area contributed by atoms with Gasteiger partial charge in [0.1, 0.15) is 5.60 Å². The smallest absolute Gasteiger partial charge is 0.338 e. The normalized spacial score (nSPS) is 27.4. The van der Waals surface area contributed by atoms with Crippen LogP contribution in [0.4, 0.5) is 5.69 Å². The molecule has 1 amide bonds. The molecule has 3 atom stereocenters. The van der Waals surface area contributed by atoms with E-state index in [4.69, 9.17) is 4.74 Å². The first-order valence-corrected chi connectivity index (χ1v) is 7.61. The van der Waals surface area contributed by atoms with Crippen LogP contribution in [-0.4, -0.2) is 34.7 Å². The van der Waals surface area contributed by atoms with E-state index in [-0.39, 0.29) is 23.8 Å². The van der Waals surface area contributed by atoms with E-state index in [1.165, 1.54) is 0 Å². The Morgan fingerprint density at radius 3 is 2.36 bits per heavy atom. The molecule has 2 fully saturated rings. The van der Waals surface area contributed by atoms with Gasteiger partial charge < -0.3 is 14.7 Å². The molecular formula is C17H21NO4. The van der Waals surface area contributed by atoms with E-state index in [1.807, 2.05) is 20.8 Å². The van der Waals surface area contributed by atoms with Crippen LogP contribution in [0.1, 0.15) is 44.0 Å². The van der Waals surface area contributed by atoms with Gasteiger partial charge in [-0.05, 0) is 57.9 Å². The topological polar surface area (TPSA) is 66.8 Å². The van der Waals surface area contributed by atoms with E-state index >= 15 is 0 Å². The third kappa shape index (κ3) is 2.61. The van der Waals surface area contributed by atoms with Crippen LogP contribution in [0.25, 0.3) is 0 Å². The maximum Gasteiger partial charge on any atom is 0.338 e. The Balaban J connectivity index is 1.76. The molecule has 1 aromatic carbocycles. The van der Waals surface area contributed by atoms with E-state index in [9.17, 15) is 14.7 Å². The summed E-state index contributed by atoms with van der Waals surface area (Å²) in [5.41, 5.74) is 0.711. The molecule has 1 heterocycles. The fraction of sp³-hybridized carbons (Fsp3) is 0.529. The number of nitrogens with zero attached hydrogens (tertiary/aromatic N) is 1. The Bertz CT molecular complexity index is 602. The minimum atomic E-state index is -0.532. The predicted molar refractivity (Wildman–Crippen MR) is 81.6 cm³/mol. The lowest BCUT2D eigenvalue weighted by Crippen LogP contribution is -2.42. The van der Waals surface area contributed by atoms with Gasteiger partial charge in [0.25, 0.3) is 0 Å². The zero-order valence-electron chi connectivity index (χ0n) is 13.1. The molecule has 3 rings (SSSR count). The van der Waals surface area contributed by atoms with Gasteiger partial charge in [0, 0.05) is 11.7 Å². The molecule has 0 aromatic heterocycles. The van der Waals surface area contributed by atoms with Gasteiger partial charge in [-0.25, -0.2) is 4.79 Å². The van der Waals surface area contributed by atoms with Crippen LogP contribution in [-0.2, 0) is 9.53 Å². The lowest BCUT2D eigenvalue weighted by molar-refractivity contribution is -0.124. The summed E-state index contributed by atoms with van der Waals surface area (Å²) in [6, 6.07) is 6.96. The highest BCUT2D eigenvalue weighted by Crippen LogP contribution is 2.41. The van der Waals surface area contributed by atoms with Crippen LogP contribution in [0.3, 0.4) is 0 Å². The van der Waals surface area contributed by atoms with Crippen LogP contribution < -0.4 is 4.90 Å². The number of aliphatic hydroxyl groups is 1. The van der Waals surface area contributed by atoms with Crippen LogP contribution in [0.2, 0.25) is 0 Å². The highest BCUT2D eigenvalue weighted by atomic mass is 16.6. The van der Waals surface area contributed by atoms with Crippen molar-refractivity contribution in [1.82, 2.24) is 0 Å². The number of esters is 1. The van der Waals surface area contributed by atoms with Crippen molar-refractivity contribution in [3.8, 4) is 0 Å². The number of amides is 1. The Labute approximate surface area is 129 Å². The van der Waals surface area contributed by atoms with Crippen LogP contribution in [0.5, 0.6) is 0 Å². The summed E-state index contributed by atoms with van der Waals surface area (Å²) in [7, 11) is 0. The number of rotatable bonds is 2. The highest BCUT2D eigenvalue weighted by Gasteiger charge is 2.50. The van der Waals surface area contributed by atoms with Crippen LogP contribution in [0, 0.1) is 5.92 Å². The Morgan fingerprint density at radius 2 is 1.86 bits per heavy atom. The summed E-state index contributed by atoms with van der Waals surface area (Å²) in [5.74, 6) is -0.659. The lowest BCUT2D eigenvalue weighted by Gasteiger charge is -2.29. The first-order chi connectivity index (χ1) is 10.3. The molecule has 0 spiro atoms. The molecule has 118 valence electrons. The maximum atomic E-state index is 12.3. The number of piperidine rings is 1. The minimum Gasteiger partial charge on any atom is -0.456 e. The highest BCUT2D eigenvalue weighted by molar-refractivity contribution is 6.00. The summed E-state index contributed by atoms with van der Waals surface area (Å²) < 4.78 is 5.32. The summed E-state index contributed by atoms with van der Waals surface area (Å²) in [6.07, 6.45) is 0.840. The number of anilines is 1. The average Bonchev–Trinajstić information content (AvgIpc) is 2.93. The largest absolute Gasteiger partial charge is 0.456 e. The quantitative estimate of drug-likeness (QED) is 0.850. The Morgan fingerprint density at radius 1 is 1.23 bits per heavy atom. The number of fused-ring (bicyclic) bond motifs is 2. The number of carbonyl (C=O) groups excluding carboxylic acids is 2. The zero-order chi connectivity index (χ0) is 16.1. The molecule has 5 heteroatoms. The van der Waals surface area contributed by atoms with Gasteiger partial charge in [-0.3, -0.25) is 4.79 Å². The zero-order valence-corrected chi connectivity index (χ0v) is 13.1. The van der Waals surface area contributed by atoms with Gasteiger partial charge in [0.2, 0.25) is 5.91 Å². The van der Waals surface area contributed by atoms with Crippen molar-refractivity contribution in [2.75, 3.05) is 4.90 Å². The van der Waals surface area contributed by atoms with Crippen molar-refractivity contribution in [3.05, 3.63) is 29.8 Å². The molecule has 1 aliphatic carbocycles. The van der Waals surface area contributed by atoms with Gasteiger partial charge in [-0.1, -0.05) is 0 Å². The number of carbonyl (C=O) groups is 2. The lowest BCUT2D eigenvalue weighted by atomic mass is 10.0. The molecule has 1 saturated carbocycles.